The molecule has 0 fully saturated rings. The van der Waals surface area contributed by atoms with Crippen LogP contribution < -0.4 is 5.73 Å². The first-order valence-corrected chi connectivity index (χ1v) is 6.68. The summed E-state index contributed by atoms with van der Waals surface area (Å²) in [6.45, 7) is 5.11. The van der Waals surface area contributed by atoms with Crippen LogP contribution in [0.15, 0.2) is 24.7 Å². The van der Waals surface area contributed by atoms with E-state index in [1.54, 1.807) is 24.7 Å². The zero-order valence-corrected chi connectivity index (χ0v) is 11.9. The molecule has 2 N–H and O–H groups in total. The molecule has 19 heavy (non-hydrogen) atoms. The van der Waals surface area contributed by atoms with Crippen molar-refractivity contribution in [2.45, 2.75) is 32.9 Å². The summed E-state index contributed by atoms with van der Waals surface area (Å²) in [4.78, 5) is 8.50. The summed E-state index contributed by atoms with van der Waals surface area (Å²) >= 11 is 6.10. The molecule has 6 heteroatoms. The van der Waals surface area contributed by atoms with Gasteiger partial charge in [-0.15, -0.1) is 0 Å². The van der Waals surface area contributed by atoms with Crippen LogP contribution in [0.1, 0.15) is 31.4 Å². The fourth-order valence-corrected chi connectivity index (χ4v) is 2.17. The molecule has 0 aliphatic heterocycles. The fourth-order valence-electron chi connectivity index (χ4n) is 1.91. The van der Waals surface area contributed by atoms with Gasteiger partial charge in [0.1, 0.15) is 12.2 Å². The van der Waals surface area contributed by atoms with Crippen LogP contribution in [0.5, 0.6) is 0 Å². The first-order valence-electron chi connectivity index (χ1n) is 6.30. The van der Waals surface area contributed by atoms with Gasteiger partial charge < -0.3 is 5.73 Å². The van der Waals surface area contributed by atoms with Crippen LogP contribution in [0.25, 0.3) is 0 Å². The normalized spacial score (nSPS) is 12.9. The number of rotatable bonds is 5. The third kappa shape index (κ3) is 3.52. The highest BCUT2D eigenvalue weighted by atomic mass is 35.5. The molecule has 2 aromatic rings. The maximum atomic E-state index is 6.16. The zero-order chi connectivity index (χ0) is 13.8. The lowest BCUT2D eigenvalue weighted by atomic mass is 10.1. The van der Waals surface area contributed by atoms with Gasteiger partial charge in [0.05, 0.1) is 16.8 Å². The second-order valence-electron chi connectivity index (χ2n) is 4.93. The molecule has 0 aliphatic carbocycles. The molecule has 0 aromatic carbocycles. The van der Waals surface area contributed by atoms with Crippen LogP contribution in [0.3, 0.4) is 0 Å². The predicted octanol–water partition coefficient (Wildman–Crippen LogP) is 2.22. The molecule has 0 amide bonds. The third-order valence-electron chi connectivity index (χ3n) is 2.77. The predicted molar refractivity (Wildman–Crippen MR) is 74.7 cm³/mol. The van der Waals surface area contributed by atoms with Gasteiger partial charge in [-0.05, 0) is 18.1 Å². The summed E-state index contributed by atoms with van der Waals surface area (Å²) in [5.41, 5.74) is 6.86. The molecular formula is C13H18ClN5. The first kappa shape index (κ1) is 14.0. The molecule has 2 rings (SSSR count). The van der Waals surface area contributed by atoms with E-state index < -0.39 is 0 Å². The standard InChI is InChI=1S/C13H18ClN5/c1-9(2)7-19-12(17-8-18-19)6-11(15)13-10(14)4-3-5-16-13/h3-5,8-9,11H,6-7,15H2,1-2H3. The first-order chi connectivity index (χ1) is 9.08. The van der Waals surface area contributed by atoms with Crippen LogP contribution in [-0.2, 0) is 13.0 Å². The molecule has 2 heterocycles. The molecule has 1 atom stereocenters. The molecule has 1 unspecified atom stereocenters. The summed E-state index contributed by atoms with van der Waals surface area (Å²) in [6, 6.07) is 3.31. The van der Waals surface area contributed by atoms with Gasteiger partial charge in [0, 0.05) is 19.2 Å². The highest BCUT2D eigenvalue weighted by Gasteiger charge is 2.16. The van der Waals surface area contributed by atoms with E-state index in [0.717, 1.165) is 12.4 Å². The number of nitrogens with zero attached hydrogens (tertiary/aromatic N) is 4. The minimum atomic E-state index is -0.274. The highest BCUT2D eigenvalue weighted by Crippen LogP contribution is 2.21. The van der Waals surface area contributed by atoms with Gasteiger partial charge in [0.2, 0.25) is 0 Å². The van der Waals surface area contributed by atoms with Crippen molar-refractivity contribution in [2.75, 3.05) is 0 Å². The van der Waals surface area contributed by atoms with Gasteiger partial charge >= 0.3 is 0 Å². The van der Waals surface area contributed by atoms with Gasteiger partial charge in [-0.1, -0.05) is 25.4 Å². The topological polar surface area (TPSA) is 69.6 Å². The number of aromatic nitrogens is 4. The molecule has 5 nitrogen and oxygen atoms in total. The van der Waals surface area contributed by atoms with Crippen molar-refractivity contribution in [1.82, 2.24) is 19.7 Å². The quantitative estimate of drug-likeness (QED) is 0.911. The molecular weight excluding hydrogens is 262 g/mol. The average Bonchev–Trinajstić information content (AvgIpc) is 2.76. The Hall–Kier alpha value is -1.46. The Morgan fingerprint density at radius 1 is 1.37 bits per heavy atom. The Morgan fingerprint density at radius 2 is 2.16 bits per heavy atom. The van der Waals surface area contributed by atoms with Gasteiger partial charge in [-0.25, -0.2) is 9.67 Å². The molecule has 102 valence electrons. The lowest BCUT2D eigenvalue weighted by Crippen LogP contribution is -2.19. The van der Waals surface area contributed by atoms with Crippen LogP contribution in [0, 0.1) is 5.92 Å². The molecule has 0 radical (unpaired) electrons. The van der Waals surface area contributed by atoms with Crippen molar-refractivity contribution in [1.29, 1.82) is 0 Å². The minimum Gasteiger partial charge on any atom is -0.322 e. The lowest BCUT2D eigenvalue weighted by molar-refractivity contribution is 0.458. The SMILES string of the molecule is CC(C)Cn1ncnc1CC(N)c1ncccc1Cl. The monoisotopic (exact) mass is 279 g/mol. The Labute approximate surface area is 117 Å². The molecule has 2 aromatic heterocycles. The van der Waals surface area contributed by atoms with E-state index >= 15 is 0 Å². The van der Waals surface area contributed by atoms with Crippen LogP contribution >= 0.6 is 11.6 Å². The van der Waals surface area contributed by atoms with Crippen LogP contribution in [0.2, 0.25) is 5.02 Å². The molecule has 0 bridgehead atoms. The van der Waals surface area contributed by atoms with Crippen LogP contribution in [0.4, 0.5) is 0 Å². The fraction of sp³-hybridized carbons (Fsp3) is 0.462. The number of nitrogens with two attached hydrogens (primary N) is 1. The lowest BCUT2D eigenvalue weighted by Gasteiger charge is -2.13. The van der Waals surface area contributed by atoms with E-state index in [9.17, 15) is 0 Å². The number of hydrogen-bond donors (Lipinski definition) is 1. The number of pyridine rings is 1. The zero-order valence-electron chi connectivity index (χ0n) is 11.1. The van der Waals surface area contributed by atoms with E-state index in [0.29, 0.717) is 23.1 Å². The van der Waals surface area contributed by atoms with Gasteiger partial charge in [-0.3, -0.25) is 4.98 Å². The minimum absolute atomic E-state index is 0.274. The Balaban J connectivity index is 2.13. The number of hydrogen-bond acceptors (Lipinski definition) is 4. The van der Waals surface area contributed by atoms with Crippen molar-refractivity contribution in [3.63, 3.8) is 0 Å². The smallest absolute Gasteiger partial charge is 0.138 e. The molecule has 0 saturated heterocycles. The highest BCUT2D eigenvalue weighted by molar-refractivity contribution is 6.31. The largest absolute Gasteiger partial charge is 0.322 e. The van der Waals surface area contributed by atoms with E-state index in [1.807, 2.05) is 4.68 Å². The maximum Gasteiger partial charge on any atom is 0.138 e. The van der Waals surface area contributed by atoms with Gasteiger partial charge in [0.15, 0.2) is 0 Å². The Kier molecular flexibility index (Phi) is 4.50. The summed E-state index contributed by atoms with van der Waals surface area (Å²) in [5, 5.41) is 4.81. The maximum absolute atomic E-state index is 6.16. The van der Waals surface area contributed by atoms with E-state index in [-0.39, 0.29) is 6.04 Å². The van der Waals surface area contributed by atoms with Crippen molar-refractivity contribution in [3.05, 3.63) is 41.2 Å². The second-order valence-corrected chi connectivity index (χ2v) is 5.34. The summed E-state index contributed by atoms with van der Waals surface area (Å²) < 4.78 is 1.89. The average molecular weight is 280 g/mol. The van der Waals surface area contributed by atoms with Crippen LogP contribution in [-0.4, -0.2) is 19.7 Å². The van der Waals surface area contributed by atoms with E-state index in [2.05, 4.69) is 28.9 Å². The van der Waals surface area contributed by atoms with Crippen molar-refractivity contribution in [2.24, 2.45) is 11.7 Å². The summed E-state index contributed by atoms with van der Waals surface area (Å²) in [7, 11) is 0. The summed E-state index contributed by atoms with van der Waals surface area (Å²) in [6.07, 6.45) is 3.83. The Bertz CT molecular complexity index is 537. The number of halogens is 1. The van der Waals surface area contributed by atoms with Gasteiger partial charge in [0.25, 0.3) is 0 Å². The van der Waals surface area contributed by atoms with E-state index in [1.165, 1.54) is 0 Å². The Morgan fingerprint density at radius 3 is 2.84 bits per heavy atom. The van der Waals surface area contributed by atoms with Crippen molar-refractivity contribution < 1.29 is 0 Å². The summed E-state index contributed by atoms with van der Waals surface area (Å²) in [5.74, 6) is 1.37. The second kappa shape index (κ2) is 6.12. The molecule has 0 saturated carbocycles. The molecule has 0 aliphatic rings. The molecule has 0 spiro atoms. The van der Waals surface area contributed by atoms with Crippen molar-refractivity contribution in [3.8, 4) is 0 Å². The third-order valence-corrected chi connectivity index (χ3v) is 3.09. The van der Waals surface area contributed by atoms with Gasteiger partial charge in [-0.2, -0.15) is 5.10 Å². The van der Waals surface area contributed by atoms with Crippen molar-refractivity contribution >= 4 is 11.6 Å². The van der Waals surface area contributed by atoms with E-state index in [4.69, 9.17) is 17.3 Å².